The van der Waals surface area contributed by atoms with Gasteiger partial charge in [-0.2, -0.15) is 0 Å². The Morgan fingerprint density at radius 2 is 0.419 bits per heavy atom. The van der Waals surface area contributed by atoms with Gasteiger partial charge in [-0.15, -0.1) is 34.0 Å². The summed E-state index contributed by atoms with van der Waals surface area (Å²) in [5.74, 6) is 5.84. The van der Waals surface area contributed by atoms with Crippen LogP contribution in [-0.4, -0.2) is 59.8 Å². The van der Waals surface area contributed by atoms with Crippen LogP contribution >= 0.6 is 34.0 Å². The number of hydrogen-bond acceptors (Lipinski definition) is 15. The molecule has 0 N–H and O–H groups in total. The summed E-state index contributed by atoms with van der Waals surface area (Å²) in [7, 11) is 0. The summed E-state index contributed by atoms with van der Waals surface area (Å²) in [5, 5.41) is 16.8. The molecule has 25 rings (SSSR count). The second-order valence-electron chi connectivity index (χ2n) is 31.4. The second-order valence-corrected chi connectivity index (χ2v) is 34.4. The van der Waals surface area contributed by atoms with Crippen LogP contribution in [0.25, 0.3) is 241 Å². The van der Waals surface area contributed by atoms with E-state index in [2.05, 4.69) is 249 Å². The van der Waals surface area contributed by atoms with Crippen molar-refractivity contribution < 1.29 is 0 Å². The zero-order valence-corrected chi connectivity index (χ0v) is 71.5. The number of benzene rings is 19. The lowest BCUT2D eigenvalue weighted by molar-refractivity contribution is 1.07. The molecule has 0 aliphatic heterocycles. The standard InChI is InChI=1S/C42H26N4S.2C36H22N4S/c1-4-11-27(12-5-1)31-17-10-18-33(25-31)40-44-39(29-13-6-2-7-14-29)45-41(46-40)34-21-23-35-32(26-34)20-19-28-22-24-36-38(37(28)35)43-42(47-36)30-15-8-3-9-16-30;1-4-12-23(13-5-1)33-38-34(24-14-6-2-7-15-24)40-35(39-33)29-22-26-20-21-30-32(31(26)28-19-11-10-18-27(28)29)37-36(41-30)25-16-8-3-9-17-25;1-4-10-25(11-5-1)33-38-34(26-12-6-2-7-13-26)40-35(39-33)28-19-17-23-16-18-24-20-21-30-32(31(24)29(23)22-28)37-36(41-30)27-14-8-3-9-15-27/h1-26H;2*1-22H. The smallest absolute Gasteiger partial charge is 0.164 e. The number of hydrogen-bond donors (Lipinski definition) is 0. The van der Waals surface area contributed by atoms with E-state index in [0.717, 1.165) is 163 Å². The van der Waals surface area contributed by atoms with Gasteiger partial charge in [-0.25, -0.2) is 59.8 Å². The van der Waals surface area contributed by atoms with Gasteiger partial charge in [0.15, 0.2) is 52.4 Å². The molecular weight excluding hydrogens is 1630 g/mol. The van der Waals surface area contributed by atoms with Gasteiger partial charge in [0.05, 0.1) is 30.6 Å². The molecule has 129 heavy (non-hydrogen) atoms. The second kappa shape index (κ2) is 33.8. The van der Waals surface area contributed by atoms with Crippen molar-refractivity contribution in [3.05, 3.63) is 425 Å². The fourth-order valence-corrected chi connectivity index (χ4v) is 19.9. The summed E-state index contributed by atoms with van der Waals surface area (Å²) >= 11 is 5.19. The van der Waals surface area contributed by atoms with Crippen LogP contribution < -0.4 is 0 Å². The molecule has 0 aliphatic rings. The van der Waals surface area contributed by atoms with Crippen LogP contribution in [0.15, 0.2) is 425 Å². The van der Waals surface area contributed by atoms with E-state index in [0.29, 0.717) is 52.4 Å². The number of rotatable bonds is 13. The topological polar surface area (TPSA) is 155 Å². The van der Waals surface area contributed by atoms with Crippen molar-refractivity contribution in [1.82, 2.24) is 59.8 Å². The summed E-state index contributed by atoms with van der Waals surface area (Å²) in [6.45, 7) is 0. The minimum absolute atomic E-state index is 0.638. The monoisotopic (exact) mass is 1700 g/mol. The molecule has 0 aliphatic carbocycles. The Kier molecular flexibility index (Phi) is 20.3. The molecule has 0 atom stereocenters. The first-order valence-electron chi connectivity index (χ1n) is 42.5. The van der Waals surface area contributed by atoms with Gasteiger partial charge in [-0.05, 0) is 102 Å². The van der Waals surface area contributed by atoms with E-state index in [9.17, 15) is 0 Å². The SMILES string of the molecule is c1ccc(-c2cccc(-c3nc(-c4ccccc4)nc(-c4ccc5c(ccc6ccc7sc(-c8ccccc8)nc7c65)c4)n3)c2)cc1.c1ccc(-c2nc(-c3ccccc3)nc(-c3cc4ccc5sc(-c6ccccc6)nc5c4c4ccccc34)n2)cc1.c1ccc(-c2nc(-c3ccccc3)nc(-c3ccc4ccc5ccc6sc(-c7ccccc7)nc6c5c4c3)n2)cc1. The molecule has 15 heteroatoms. The van der Waals surface area contributed by atoms with E-state index in [1.54, 1.807) is 34.0 Å². The molecule has 0 amide bonds. The zero-order valence-electron chi connectivity index (χ0n) is 69.0. The van der Waals surface area contributed by atoms with Crippen molar-refractivity contribution in [2.24, 2.45) is 0 Å². The van der Waals surface area contributed by atoms with Gasteiger partial charge < -0.3 is 0 Å². The Bertz CT molecular complexity index is 8330. The lowest BCUT2D eigenvalue weighted by atomic mass is 9.96. The Morgan fingerprint density at radius 1 is 0.140 bits per heavy atom. The highest BCUT2D eigenvalue weighted by molar-refractivity contribution is 7.22. The molecule has 0 unspecified atom stereocenters. The fourth-order valence-electron chi connectivity index (χ4n) is 16.9. The lowest BCUT2D eigenvalue weighted by Gasteiger charge is -2.12. The molecule has 0 fully saturated rings. The lowest BCUT2D eigenvalue weighted by Crippen LogP contribution is -2.00. The first kappa shape index (κ1) is 77.3. The highest BCUT2D eigenvalue weighted by Gasteiger charge is 2.23. The first-order valence-corrected chi connectivity index (χ1v) is 45.0. The highest BCUT2D eigenvalue weighted by atomic mass is 32.1. The van der Waals surface area contributed by atoms with Gasteiger partial charge in [0.25, 0.3) is 0 Å². The minimum Gasteiger partial charge on any atom is -0.235 e. The van der Waals surface area contributed by atoms with Crippen molar-refractivity contribution in [2.45, 2.75) is 0 Å². The maximum Gasteiger partial charge on any atom is 0.164 e. The molecular formula is C114H70N12S3. The van der Waals surface area contributed by atoms with E-state index >= 15 is 0 Å². The van der Waals surface area contributed by atoms with Gasteiger partial charge in [-0.3, -0.25) is 0 Å². The number of nitrogens with zero attached hydrogens (tertiary/aromatic N) is 12. The van der Waals surface area contributed by atoms with E-state index in [1.807, 2.05) is 176 Å². The summed E-state index contributed by atoms with van der Waals surface area (Å²) in [6, 6.07) is 146. The maximum atomic E-state index is 5.15. The van der Waals surface area contributed by atoms with Crippen molar-refractivity contribution in [3.63, 3.8) is 0 Å². The molecule has 12 nitrogen and oxygen atoms in total. The number of aromatic nitrogens is 12. The number of fused-ring (bicyclic) bond motifs is 15. The minimum atomic E-state index is 0.638. The molecule has 0 spiro atoms. The Hall–Kier alpha value is -16.6. The quantitative estimate of drug-likeness (QED) is 0.101. The van der Waals surface area contributed by atoms with Crippen LogP contribution in [0.5, 0.6) is 0 Å². The van der Waals surface area contributed by atoms with Crippen LogP contribution in [0.3, 0.4) is 0 Å². The van der Waals surface area contributed by atoms with Gasteiger partial charge in [0, 0.05) is 82.9 Å². The predicted octanol–water partition coefficient (Wildman–Crippen LogP) is 30.0. The third-order valence-corrected chi connectivity index (χ3v) is 26.4. The van der Waals surface area contributed by atoms with Crippen molar-refractivity contribution in [1.29, 1.82) is 0 Å². The van der Waals surface area contributed by atoms with Gasteiger partial charge in [-0.1, -0.05) is 382 Å². The number of thiazole rings is 3. The highest BCUT2D eigenvalue weighted by Crippen LogP contribution is 2.45. The first-order chi connectivity index (χ1) is 63.9. The van der Waals surface area contributed by atoms with Gasteiger partial charge in [0.1, 0.15) is 15.0 Å². The van der Waals surface area contributed by atoms with Crippen molar-refractivity contribution >= 4 is 129 Å². The third kappa shape index (κ3) is 15.3. The molecule has 0 radical (unpaired) electrons. The third-order valence-electron chi connectivity index (χ3n) is 23.2. The molecule has 6 aromatic heterocycles. The van der Waals surface area contributed by atoms with Crippen LogP contribution in [0.2, 0.25) is 0 Å². The fraction of sp³-hybridized carbons (Fsp3) is 0. The molecule has 19 aromatic carbocycles. The Labute approximate surface area is 753 Å². The molecule has 0 saturated carbocycles. The summed E-state index contributed by atoms with van der Waals surface area (Å²) in [6.07, 6.45) is 0. The Morgan fingerprint density at radius 3 is 0.837 bits per heavy atom. The average molecular weight is 1700 g/mol. The van der Waals surface area contributed by atoms with Crippen LogP contribution in [-0.2, 0) is 0 Å². The van der Waals surface area contributed by atoms with Crippen molar-refractivity contribution in [2.75, 3.05) is 0 Å². The van der Waals surface area contributed by atoms with Crippen LogP contribution in [0.4, 0.5) is 0 Å². The molecule has 604 valence electrons. The van der Waals surface area contributed by atoms with E-state index in [1.165, 1.54) is 24.9 Å². The van der Waals surface area contributed by atoms with E-state index in [-0.39, 0.29) is 0 Å². The summed E-state index contributed by atoms with van der Waals surface area (Å²) in [4.78, 5) is 60.2. The van der Waals surface area contributed by atoms with Crippen LogP contribution in [0.1, 0.15) is 0 Å². The Balaban J connectivity index is 0.000000111. The molecule has 25 aromatic rings. The summed E-state index contributed by atoms with van der Waals surface area (Å²) in [5.41, 5.74) is 17.3. The zero-order chi connectivity index (χ0) is 85.5. The van der Waals surface area contributed by atoms with Gasteiger partial charge >= 0.3 is 0 Å². The molecule has 0 bridgehead atoms. The van der Waals surface area contributed by atoms with Crippen LogP contribution in [0, 0.1) is 0 Å². The normalized spacial score (nSPS) is 11.4. The largest absolute Gasteiger partial charge is 0.235 e. The van der Waals surface area contributed by atoms with E-state index < -0.39 is 0 Å². The van der Waals surface area contributed by atoms with E-state index in [4.69, 9.17) is 59.8 Å². The molecule has 6 heterocycles. The average Bonchev–Trinajstić information content (AvgIpc) is 1.70. The van der Waals surface area contributed by atoms with Crippen molar-refractivity contribution in [3.8, 4) is 145 Å². The maximum absolute atomic E-state index is 5.15. The summed E-state index contributed by atoms with van der Waals surface area (Å²) < 4.78 is 3.53. The molecule has 0 saturated heterocycles. The predicted molar refractivity (Wildman–Crippen MR) is 535 cm³/mol. The van der Waals surface area contributed by atoms with Gasteiger partial charge in [0.2, 0.25) is 0 Å².